The summed E-state index contributed by atoms with van der Waals surface area (Å²) in [6.45, 7) is 2.02. The van der Waals surface area contributed by atoms with E-state index in [1.165, 1.54) is 0 Å². The lowest BCUT2D eigenvalue weighted by Gasteiger charge is -2.27. The van der Waals surface area contributed by atoms with E-state index < -0.39 is 0 Å². The molecule has 0 saturated carbocycles. The van der Waals surface area contributed by atoms with E-state index in [4.69, 9.17) is 11.6 Å². The predicted octanol–water partition coefficient (Wildman–Crippen LogP) is 3.28. The molecule has 1 aromatic rings. The number of carbonyl (C=O) groups is 1. The normalized spacial score (nSPS) is 19.4. The van der Waals surface area contributed by atoms with Crippen LogP contribution in [0.25, 0.3) is 0 Å². The maximum absolute atomic E-state index is 12.7. The molecule has 1 saturated heterocycles. The van der Waals surface area contributed by atoms with Gasteiger partial charge in [-0.1, -0.05) is 11.6 Å². The second kappa shape index (κ2) is 7.34. The fourth-order valence-corrected chi connectivity index (χ4v) is 3.18. The van der Waals surface area contributed by atoms with E-state index in [0.29, 0.717) is 16.6 Å². The van der Waals surface area contributed by atoms with Gasteiger partial charge in [-0.15, -0.1) is 11.8 Å². The Bertz CT molecular complexity index is 473. The summed E-state index contributed by atoms with van der Waals surface area (Å²) in [5, 5.41) is 3.91. The third kappa shape index (κ3) is 3.68. The van der Waals surface area contributed by atoms with E-state index in [-0.39, 0.29) is 5.91 Å². The molecule has 0 bridgehead atoms. The summed E-state index contributed by atoms with van der Waals surface area (Å²) < 4.78 is 0. The Hall–Kier alpha value is -0.710. The van der Waals surface area contributed by atoms with Crippen LogP contribution in [0.3, 0.4) is 0 Å². The molecule has 1 fully saturated rings. The van der Waals surface area contributed by atoms with E-state index in [1.807, 2.05) is 36.4 Å². The van der Waals surface area contributed by atoms with Crippen molar-refractivity contribution in [3.05, 3.63) is 28.8 Å². The maximum atomic E-state index is 12.7. The molecule has 110 valence electrons. The smallest absolute Gasteiger partial charge is 0.255 e. The minimum absolute atomic E-state index is 0.0257. The van der Waals surface area contributed by atoms with Crippen molar-refractivity contribution in [2.75, 3.05) is 26.4 Å². The van der Waals surface area contributed by atoms with Crippen molar-refractivity contribution in [2.45, 2.75) is 30.2 Å². The van der Waals surface area contributed by atoms with Crippen molar-refractivity contribution >= 4 is 29.3 Å². The molecule has 1 N–H and O–H groups in total. The zero-order valence-electron chi connectivity index (χ0n) is 12.0. The van der Waals surface area contributed by atoms with Crippen LogP contribution in [-0.2, 0) is 0 Å². The quantitative estimate of drug-likeness (QED) is 0.869. The van der Waals surface area contributed by atoms with Crippen LogP contribution in [0.5, 0.6) is 0 Å². The average Bonchev–Trinajstić information content (AvgIpc) is 2.75. The van der Waals surface area contributed by atoms with Gasteiger partial charge in [0.2, 0.25) is 0 Å². The zero-order chi connectivity index (χ0) is 14.5. The number of nitrogens with zero attached hydrogens (tertiary/aromatic N) is 1. The van der Waals surface area contributed by atoms with Gasteiger partial charge in [-0.3, -0.25) is 4.79 Å². The van der Waals surface area contributed by atoms with Gasteiger partial charge in [-0.05, 0) is 56.8 Å². The number of halogens is 1. The fraction of sp³-hybridized carbons (Fsp3) is 0.533. The Kier molecular flexibility index (Phi) is 5.75. The summed E-state index contributed by atoms with van der Waals surface area (Å²) in [4.78, 5) is 15.6. The molecule has 1 amide bonds. The number of hydrogen-bond donors (Lipinski definition) is 1. The molecule has 1 atom stereocenters. The highest BCUT2D eigenvalue weighted by molar-refractivity contribution is 7.98. The molecule has 1 aliphatic rings. The Labute approximate surface area is 130 Å². The van der Waals surface area contributed by atoms with Gasteiger partial charge >= 0.3 is 0 Å². The zero-order valence-corrected chi connectivity index (χ0v) is 13.6. The first-order chi connectivity index (χ1) is 9.63. The minimum Gasteiger partial charge on any atom is -0.339 e. The summed E-state index contributed by atoms with van der Waals surface area (Å²) in [6.07, 6.45) is 5.16. The first kappa shape index (κ1) is 15.7. The number of nitrogens with one attached hydrogen (secondary N) is 1. The number of benzene rings is 1. The van der Waals surface area contributed by atoms with Crippen LogP contribution in [0.15, 0.2) is 23.1 Å². The summed E-state index contributed by atoms with van der Waals surface area (Å²) in [7, 11) is 1.89. The number of thioether (sulfide) groups is 1. The van der Waals surface area contributed by atoms with Gasteiger partial charge in [0.25, 0.3) is 5.91 Å². The lowest BCUT2D eigenvalue weighted by atomic mass is 10.1. The van der Waals surface area contributed by atoms with Gasteiger partial charge < -0.3 is 10.2 Å². The minimum atomic E-state index is 0.0257. The molecule has 1 aromatic carbocycles. The van der Waals surface area contributed by atoms with Crippen LogP contribution >= 0.6 is 23.4 Å². The SMILES string of the molecule is CSc1ccc(Cl)c(C(=O)N(C)C2CCCNCC2)c1. The molecule has 0 radical (unpaired) electrons. The van der Waals surface area contributed by atoms with Crippen LogP contribution in [0, 0.1) is 0 Å². The largest absolute Gasteiger partial charge is 0.339 e. The number of rotatable bonds is 3. The molecule has 0 aliphatic carbocycles. The summed E-state index contributed by atoms with van der Waals surface area (Å²) in [5.41, 5.74) is 0.609. The Morgan fingerprint density at radius 1 is 1.40 bits per heavy atom. The molecule has 3 nitrogen and oxygen atoms in total. The van der Waals surface area contributed by atoms with Crippen LogP contribution in [-0.4, -0.2) is 43.2 Å². The van der Waals surface area contributed by atoms with Crippen molar-refractivity contribution in [2.24, 2.45) is 0 Å². The Morgan fingerprint density at radius 2 is 2.20 bits per heavy atom. The van der Waals surface area contributed by atoms with Gasteiger partial charge in [0, 0.05) is 18.0 Å². The maximum Gasteiger partial charge on any atom is 0.255 e. The van der Waals surface area contributed by atoms with Crippen molar-refractivity contribution in [3.63, 3.8) is 0 Å². The molecule has 1 unspecified atom stereocenters. The second-order valence-electron chi connectivity index (χ2n) is 5.10. The van der Waals surface area contributed by atoms with Crippen molar-refractivity contribution < 1.29 is 4.79 Å². The molecule has 0 spiro atoms. The van der Waals surface area contributed by atoms with Gasteiger partial charge in [0.05, 0.1) is 10.6 Å². The molecule has 1 heterocycles. The van der Waals surface area contributed by atoms with E-state index in [2.05, 4.69) is 5.32 Å². The monoisotopic (exact) mass is 312 g/mol. The van der Waals surface area contributed by atoms with E-state index in [1.54, 1.807) is 11.8 Å². The second-order valence-corrected chi connectivity index (χ2v) is 6.38. The first-order valence-corrected chi connectivity index (χ1v) is 8.55. The van der Waals surface area contributed by atoms with Gasteiger partial charge in [0.15, 0.2) is 0 Å². The lowest BCUT2D eigenvalue weighted by Crippen LogP contribution is -2.37. The van der Waals surface area contributed by atoms with Crippen molar-refractivity contribution in [1.29, 1.82) is 0 Å². The lowest BCUT2D eigenvalue weighted by molar-refractivity contribution is 0.0720. The summed E-state index contributed by atoms with van der Waals surface area (Å²) in [6, 6.07) is 5.94. The van der Waals surface area contributed by atoms with Crippen LogP contribution in [0.2, 0.25) is 5.02 Å². The molecular formula is C15H21ClN2OS. The van der Waals surface area contributed by atoms with Crippen molar-refractivity contribution in [1.82, 2.24) is 10.2 Å². The van der Waals surface area contributed by atoms with E-state index >= 15 is 0 Å². The summed E-state index contributed by atoms with van der Waals surface area (Å²) >= 11 is 7.81. The third-order valence-electron chi connectivity index (χ3n) is 3.82. The predicted molar refractivity (Wildman–Crippen MR) is 85.8 cm³/mol. The van der Waals surface area contributed by atoms with Gasteiger partial charge in [0.1, 0.15) is 0 Å². The van der Waals surface area contributed by atoms with Gasteiger partial charge in [-0.25, -0.2) is 0 Å². The molecular weight excluding hydrogens is 292 g/mol. The highest BCUT2D eigenvalue weighted by atomic mass is 35.5. The molecule has 0 aromatic heterocycles. The van der Waals surface area contributed by atoms with Gasteiger partial charge in [-0.2, -0.15) is 0 Å². The number of hydrogen-bond acceptors (Lipinski definition) is 3. The van der Waals surface area contributed by atoms with E-state index in [9.17, 15) is 4.79 Å². The van der Waals surface area contributed by atoms with Crippen LogP contribution < -0.4 is 5.32 Å². The molecule has 2 rings (SSSR count). The standard InChI is InChI=1S/C15H21ClN2OS/c1-18(11-4-3-8-17-9-7-11)15(19)13-10-12(20-2)5-6-14(13)16/h5-6,10-11,17H,3-4,7-9H2,1-2H3. The first-order valence-electron chi connectivity index (χ1n) is 6.95. The molecule has 1 aliphatic heterocycles. The van der Waals surface area contributed by atoms with Crippen LogP contribution in [0.4, 0.5) is 0 Å². The van der Waals surface area contributed by atoms with Crippen LogP contribution in [0.1, 0.15) is 29.6 Å². The fourth-order valence-electron chi connectivity index (χ4n) is 2.54. The van der Waals surface area contributed by atoms with Crippen molar-refractivity contribution in [3.8, 4) is 0 Å². The molecule has 5 heteroatoms. The highest BCUT2D eigenvalue weighted by Crippen LogP contribution is 2.25. The summed E-state index contributed by atoms with van der Waals surface area (Å²) in [5.74, 6) is 0.0257. The molecule has 20 heavy (non-hydrogen) atoms. The number of carbonyl (C=O) groups excluding carboxylic acids is 1. The topological polar surface area (TPSA) is 32.3 Å². The Morgan fingerprint density at radius 3 is 2.95 bits per heavy atom. The average molecular weight is 313 g/mol. The Balaban J connectivity index is 2.16. The highest BCUT2D eigenvalue weighted by Gasteiger charge is 2.23. The number of amides is 1. The third-order valence-corrected chi connectivity index (χ3v) is 4.87. The van der Waals surface area contributed by atoms with E-state index in [0.717, 1.165) is 37.2 Å².